The molecule has 0 radical (unpaired) electrons. The Morgan fingerprint density at radius 3 is 2.60 bits per heavy atom. The second-order valence-electron chi connectivity index (χ2n) is 8.64. The molecule has 5 rings (SSSR count). The number of nitrogen functional groups attached to an aromatic ring is 1. The number of fused-ring (bicyclic) bond motifs is 1. The number of rotatable bonds is 6. The molecule has 3 N–H and O–H groups in total. The Hall–Kier alpha value is -3.92. The van der Waals surface area contributed by atoms with Gasteiger partial charge in [0.1, 0.15) is 0 Å². The quantitative estimate of drug-likeness (QED) is 0.399. The molecule has 3 heterocycles. The first-order valence-corrected chi connectivity index (χ1v) is 11.4. The minimum absolute atomic E-state index is 0.0118. The van der Waals surface area contributed by atoms with Crippen molar-refractivity contribution in [3.63, 3.8) is 0 Å². The number of nitrogens with zero attached hydrogens (tertiary/aromatic N) is 5. The average molecular weight is 480 g/mol. The Morgan fingerprint density at radius 2 is 1.83 bits per heavy atom. The molecule has 0 unspecified atom stereocenters. The number of likely N-dealkylation sites (N-methyl/N-ethyl adjacent to an activating group) is 1. The molecular formula is C25H27F2N7O. The highest BCUT2D eigenvalue weighted by Crippen LogP contribution is 2.38. The number of nitrogens with one attached hydrogen (secondary N) is 1. The zero-order valence-corrected chi connectivity index (χ0v) is 19.6. The lowest BCUT2D eigenvalue weighted by Crippen LogP contribution is -2.44. The normalized spacial score (nSPS) is 14.6. The van der Waals surface area contributed by atoms with E-state index in [1.165, 1.54) is 0 Å². The van der Waals surface area contributed by atoms with Crippen LogP contribution in [0.1, 0.15) is 0 Å². The Bertz CT molecular complexity index is 1350. The van der Waals surface area contributed by atoms with E-state index in [4.69, 9.17) is 10.5 Å². The lowest BCUT2D eigenvalue weighted by Gasteiger charge is -2.35. The summed E-state index contributed by atoms with van der Waals surface area (Å²) in [4.78, 5) is 13.2. The van der Waals surface area contributed by atoms with E-state index in [-0.39, 0.29) is 17.4 Å². The zero-order valence-electron chi connectivity index (χ0n) is 19.6. The number of anilines is 4. The second-order valence-corrected chi connectivity index (χ2v) is 8.64. The number of aryl methyl sites for hydroxylation is 1. The number of benzene rings is 2. The number of aromatic nitrogens is 3. The number of para-hydroxylation sites is 1. The maximum Gasteiger partial charge on any atom is 0.387 e. The Kier molecular flexibility index (Phi) is 6.12. The van der Waals surface area contributed by atoms with E-state index in [1.54, 1.807) is 18.3 Å². The summed E-state index contributed by atoms with van der Waals surface area (Å²) in [6.07, 6.45) is 3.63. The topological polar surface area (TPSA) is 84.5 Å². The average Bonchev–Trinajstić information content (AvgIpc) is 3.18. The van der Waals surface area contributed by atoms with Crippen LogP contribution in [-0.4, -0.2) is 59.3 Å². The van der Waals surface area contributed by atoms with Gasteiger partial charge in [0.15, 0.2) is 5.75 Å². The van der Waals surface area contributed by atoms with Crippen molar-refractivity contribution in [2.24, 2.45) is 7.05 Å². The highest BCUT2D eigenvalue weighted by atomic mass is 19.3. The maximum atomic E-state index is 13.3. The van der Waals surface area contributed by atoms with Crippen LogP contribution in [-0.2, 0) is 7.05 Å². The molecular weight excluding hydrogens is 452 g/mol. The molecule has 4 aromatic rings. The fourth-order valence-electron chi connectivity index (χ4n) is 4.43. The van der Waals surface area contributed by atoms with E-state index >= 15 is 0 Å². The summed E-state index contributed by atoms with van der Waals surface area (Å²) in [6, 6.07) is 13.0. The van der Waals surface area contributed by atoms with Crippen molar-refractivity contribution in [2.75, 3.05) is 49.2 Å². The van der Waals surface area contributed by atoms with Crippen LogP contribution in [0.25, 0.3) is 22.2 Å². The summed E-state index contributed by atoms with van der Waals surface area (Å²) in [5.74, 6) is 0.239. The van der Waals surface area contributed by atoms with E-state index < -0.39 is 6.61 Å². The predicted octanol–water partition coefficient (Wildman–Crippen LogP) is 4.31. The number of hydrogen-bond acceptors (Lipinski definition) is 7. The molecule has 0 saturated carbocycles. The van der Waals surface area contributed by atoms with Gasteiger partial charge >= 0.3 is 6.61 Å². The van der Waals surface area contributed by atoms with Crippen molar-refractivity contribution in [1.29, 1.82) is 0 Å². The molecule has 8 nitrogen and oxygen atoms in total. The molecule has 1 fully saturated rings. The lowest BCUT2D eigenvalue weighted by molar-refractivity contribution is -0.0493. The summed E-state index contributed by atoms with van der Waals surface area (Å²) >= 11 is 0. The van der Waals surface area contributed by atoms with Crippen LogP contribution < -0.4 is 20.7 Å². The fourth-order valence-corrected chi connectivity index (χ4v) is 4.43. The van der Waals surface area contributed by atoms with Crippen molar-refractivity contribution < 1.29 is 13.5 Å². The van der Waals surface area contributed by atoms with Crippen molar-refractivity contribution in [3.05, 3.63) is 54.9 Å². The monoisotopic (exact) mass is 479 g/mol. The van der Waals surface area contributed by atoms with Crippen LogP contribution in [0.3, 0.4) is 0 Å². The van der Waals surface area contributed by atoms with Gasteiger partial charge in [-0.2, -0.15) is 8.78 Å². The van der Waals surface area contributed by atoms with Crippen molar-refractivity contribution in [2.45, 2.75) is 6.61 Å². The first kappa shape index (κ1) is 22.9. The van der Waals surface area contributed by atoms with Crippen molar-refractivity contribution in [1.82, 2.24) is 19.4 Å². The first-order valence-electron chi connectivity index (χ1n) is 11.4. The van der Waals surface area contributed by atoms with Gasteiger partial charge in [0.25, 0.3) is 0 Å². The number of alkyl halides is 2. The fraction of sp³-hybridized carbons (Fsp3) is 0.280. The van der Waals surface area contributed by atoms with Gasteiger partial charge < -0.3 is 30.2 Å². The third kappa shape index (κ3) is 4.69. The molecule has 2 aromatic carbocycles. The van der Waals surface area contributed by atoms with Gasteiger partial charge in [-0.25, -0.2) is 9.97 Å². The van der Waals surface area contributed by atoms with Gasteiger partial charge in [-0.15, -0.1) is 0 Å². The van der Waals surface area contributed by atoms with Crippen LogP contribution >= 0.6 is 0 Å². The van der Waals surface area contributed by atoms with E-state index in [1.807, 2.05) is 55.2 Å². The van der Waals surface area contributed by atoms with Gasteiger partial charge in [0.2, 0.25) is 5.95 Å². The molecule has 1 saturated heterocycles. The molecule has 182 valence electrons. The number of ether oxygens (including phenoxy) is 1. The maximum absolute atomic E-state index is 13.3. The van der Waals surface area contributed by atoms with Crippen molar-refractivity contribution in [3.8, 4) is 17.0 Å². The molecule has 0 atom stereocenters. The SMILES string of the molecule is CN1CCN(c2cc(OC(F)F)c(Nc3nccc(-c4cn(C)c5ccccc45)n3)cc2N)CC1. The Morgan fingerprint density at radius 1 is 1.06 bits per heavy atom. The molecule has 0 spiro atoms. The lowest BCUT2D eigenvalue weighted by atomic mass is 10.1. The summed E-state index contributed by atoms with van der Waals surface area (Å²) in [5, 5.41) is 4.08. The highest BCUT2D eigenvalue weighted by molar-refractivity contribution is 5.95. The van der Waals surface area contributed by atoms with Crippen molar-refractivity contribution >= 4 is 33.9 Å². The summed E-state index contributed by atoms with van der Waals surface area (Å²) in [7, 11) is 4.02. The van der Waals surface area contributed by atoms with E-state index in [0.717, 1.165) is 42.6 Å². The first-order chi connectivity index (χ1) is 16.9. The van der Waals surface area contributed by atoms with Crippen LogP contribution in [0.15, 0.2) is 54.9 Å². The van der Waals surface area contributed by atoms with Crippen LogP contribution in [0.2, 0.25) is 0 Å². The van der Waals surface area contributed by atoms with Crippen LogP contribution in [0.5, 0.6) is 5.75 Å². The number of nitrogens with two attached hydrogens (primary N) is 1. The third-order valence-electron chi connectivity index (χ3n) is 6.26. The standard InChI is InChI=1S/C25H27F2N7O/c1-32-9-11-34(12-10-32)22-14-23(35-24(26)27)20(13-18(22)28)31-25-29-8-7-19(30-25)17-15-33(2)21-6-4-3-5-16(17)21/h3-8,13-15,24H,9-12,28H2,1-2H3,(H,29,30,31). The smallest absolute Gasteiger partial charge is 0.387 e. The predicted molar refractivity (Wildman–Crippen MR) is 134 cm³/mol. The van der Waals surface area contributed by atoms with Crippen LogP contribution in [0.4, 0.5) is 31.8 Å². The second kappa shape index (κ2) is 9.38. The zero-order chi connectivity index (χ0) is 24.5. The third-order valence-corrected chi connectivity index (χ3v) is 6.26. The summed E-state index contributed by atoms with van der Waals surface area (Å²) in [6.45, 7) is 0.233. The molecule has 2 aromatic heterocycles. The number of hydrogen-bond donors (Lipinski definition) is 2. The highest BCUT2D eigenvalue weighted by Gasteiger charge is 2.21. The Balaban J connectivity index is 1.48. The molecule has 0 amide bonds. The number of piperazine rings is 1. The van der Waals surface area contributed by atoms with E-state index in [0.29, 0.717) is 17.1 Å². The number of halogens is 2. The van der Waals surface area contributed by atoms with E-state index in [2.05, 4.69) is 25.1 Å². The molecule has 35 heavy (non-hydrogen) atoms. The minimum Gasteiger partial charge on any atom is -0.433 e. The molecule has 0 aliphatic carbocycles. The molecule has 1 aliphatic rings. The van der Waals surface area contributed by atoms with Gasteiger partial charge in [-0.3, -0.25) is 0 Å². The molecule has 0 bridgehead atoms. The van der Waals surface area contributed by atoms with E-state index in [9.17, 15) is 8.78 Å². The molecule has 1 aliphatic heterocycles. The van der Waals surface area contributed by atoms with Gasteiger partial charge in [-0.1, -0.05) is 18.2 Å². The summed E-state index contributed by atoms with van der Waals surface area (Å²) in [5.41, 5.74) is 10.5. The minimum atomic E-state index is -2.98. The largest absolute Gasteiger partial charge is 0.433 e. The van der Waals surface area contributed by atoms with Gasteiger partial charge in [0, 0.05) is 68.2 Å². The van der Waals surface area contributed by atoms with Gasteiger partial charge in [0.05, 0.1) is 22.8 Å². The van der Waals surface area contributed by atoms with Gasteiger partial charge in [-0.05, 0) is 25.2 Å². The van der Waals surface area contributed by atoms with Crippen LogP contribution in [0, 0.1) is 0 Å². The summed E-state index contributed by atoms with van der Waals surface area (Å²) < 4.78 is 33.4. The molecule has 10 heteroatoms. The Labute approximate surface area is 201 Å².